The number of fused-ring (bicyclic) bond motifs is 1. The molecule has 1 aliphatic heterocycles. The van der Waals surface area contributed by atoms with Crippen LogP contribution in [0.5, 0.6) is 0 Å². The first kappa shape index (κ1) is 18.2. The molecule has 2 heterocycles. The zero-order valence-electron chi connectivity index (χ0n) is 14.9. The van der Waals surface area contributed by atoms with Crippen molar-refractivity contribution in [2.24, 2.45) is 5.92 Å². The van der Waals surface area contributed by atoms with Crippen molar-refractivity contribution < 1.29 is 8.42 Å². The molecule has 138 valence electrons. The standard InChI is InChI=1S/C18H27N3O3S/c1-3-6-14(2)13-25(23,24)20-11-9-15(10-12-20)21-17-8-5-4-7-16(17)19-18(21)22/h4-5,7-8,14-15H,3,6,9-13H2,1-2H3,(H,19,22). The maximum absolute atomic E-state index is 12.6. The minimum absolute atomic E-state index is 0.0446. The second kappa shape index (κ2) is 7.33. The Labute approximate surface area is 148 Å². The number of hydrogen-bond acceptors (Lipinski definition) is 3. The summed E-state index contributed by atoms with van der Waals surface area (Å²) in [6.07, 6.45) is 3.27. The van der Waals surface area contributed by atoms with Crippen LogP contribution in [0.1, 0.15) is 45.6 Å². The van der Waals surface area contributed by atoms with Crippen LogP contribution < -0.4 is 5.69 Å². The van der Waals surface area contributed by atoms with Crippen LogP contribution in [-0.2, 0) is 10.0 Å². The van der Waals surface area contributed by atoms with Gasteiger partial charge in [-0.1, -0.05) is 32.4 Å². The van der Waals surface area contributed by atoms with Crippen LogP contribution in [0.3, 0.4) is 0 Å². The summed E-state index contributed by atoms with van der Waals surface area (Å²) in [7, 11) is -3.21. The van der Waals surface area contributed by atoms with Gasteiger partial charge in [-0.15, -0.1) is 0 Å². The molecule has 1 saturated heterocycles. The topological polar surface area (TPSA) is 75.2 Å². The predicted molar refractivity (Wildman–Crippen MR) is 100 cm³/mol. The first-order valence-electron chi connectivity index (χ1n) is 9.09. The van der Waals surface area contributed by atoms with Crippen molar-refractivity contribution in [2.45, 2.75) is 45.6 Å². The molecule has 1 aromatic heterocycles. The molecule has 1 unspecified atom stereocenters. The molecule has 25 heavy (non-hydrogen) atoms. The van der Waals surface area contributed by atoms with Gasteiger partial charge in [-0.05, 0) is 37.3 Å². The van der Waals surface area contributed by atoms with Gasteiger partial charge in [0.25, 0.3) is 0 Å². The van der Waals surface area contributed by atoms with Crippen molar-refractivity contribution in [2.75, 3.05) is 18.8 Å². The maximum Gasteiger partial charge on any atom is 0.326 e. The second-order valence-electron chi connectivity index (χ2n) is 7.12. The Morgan fingerprint density at radius 1 is 1.24 bits per heavy atom. The van der Waals surface area contributed by atoms with Gasteiger partial charge in [-0.2, -0.15) is 0 Å². The lowest BCUT2D eigenvalue weighted by Crippen LogP contribution is -2.42. The third-order valence-electron chi connectivity index (χ3n) is 5.08. The number of rotatable bonds is 6. The Morgan fingerprint density at radius 3 is 2.60 bits per heavy atom. The first-order valence-corrected chi connectivity index (χ1v) is 10.7. The third kappa shape index (κ3) is 3.82. The van der Waals surface area contributed by atoms with E-state index in [-0.39, 0.29) is 23.4 Å². The summed E-state index contributed by atoms with van der Waals surface area (Å²) in [4.78, 5) is 15.2. The molecule has 0 aliphatic carbocycles. The van der Waals surface area contributed by atoms with Crippen LogP contribution in [0, 0.1) is 5.92 Å². The summed E-state index contributed by atoms with van der Waals surface area (Å²) >= 11 is 0. The van der Waals surface area contributed by atoms with E-state index in [2.05, 4.69) is 11.9 Å². The molecule has 6 nitrogen and oxygen atoms in total. The molecule has 0 saturated carbocycles. The molecule has 1 atom stereocenters. The van der Waals surface area contributed by atoms with E-state index in [0.29, 0.717) is 25.9 Å². The Hall–Kier alpha value is -1.60. The number of piperidine rings is 1. The van der Waals surface area contributed by atoms with Gasteiger partial charge in [0.2, 0.25) is 10.0 Å². The SMILES string of the molecule is CCCC(C)CS(=O)(=O)N1CCC(n2c(=O)[nH]c3ccccc32)CC1. The van der Waals surface area contributed by atoms with Crippen LogP contribution >= 0.6 is 0 Å². The molecule has 3 rings (SSSR count). The molecule has 0 amide bonds. The minimum Gasteiger partial charge on any atom is -0.306 e. The highest BCUT2D eigenvalue weighted by Crippen LogP contribution is 2.27. The van der Waals surface area contributed by atoms with Crippen LogP contribution in [0.15, 0.2) is 29.1 Å². The van der Waals surface area contributed by atoms with Crippen molar-refractivity contribution in [1.29, 1.82) is 0 Å². The van der Waals surface area contributed by atoms with E-state index in [0.717, 1.165) is 23.9 Å². The van der Waals surface area contributed by atoms with Crippen molar-refractivity contribution >= 4 is 21.1 Å². The number of para-hydroxylation sites is 2. The number of hydrogen-bond donors (Lipinski definition) is 1. The highest BCUT2D eigenvalue weighted by Gasteiger charge is 2.30. The molecule has 1 fully saturated rings. The van der Waals surface area contributed by atoms with E-state index in [1.165, 1.54) is 0 Å². The summed E-state index contributed by atoms with van der Waals surface area (Å²) in [6, 6.07) is 7.68. The molecule has 0 radical (unpaired) electrons. The Kier molecular flexibility index (Phi) is 5.34. The maximum atomic E-state index is 12.6. The van der Waals surface area contributed by atoms with Gasteiger partial charge in [-0.3, -0.25) is 4.57 Å². The Morgan fingerprint density at radius 2 is 1.92 bits per heavy atom. The average Bonchev–Trinajstić information content (AvgIpc) is 2.90. The number of aromatic amines is 1. The van der Waals surface area contributed by atoms with Gasteiger partial charge in [0.15, 0.2) is 0 Å². The van der Waals surface area contributed by atoms with E-state index >= 15 is 0 Å². The Bertz CT molecular complexity index is 876. The molecule has 0 bridgehead atoms. The predicted octanol–water partition coefficient (Wildman–Crippen LogP) is 2.73. The number of nitrogens with one attached hydrogen (secondary N) is 1. The largest absolute Gasteiger partial charge is 0.326 e. The third-order valence-corrected chi connectivity index (χ3v) is 7.22. The summed E-state index contributed by atoms with van der Waals surface area (Å²) in [5, 5.41) is 0. The molecule has 1 aromatic carbocycles. The summed E-state index contributed by atoms with van der Waals surface area (Å²) in [6.45, 7) is 5.04. The first-order chi connectivity index (χ1) is 11.9. The molecule has 1 aliphatic rings. The summed E-state index contributed by atoms with van der Waals surface area (Å²) in [5.74, 6) is 0.405. The molecular formula is C18H27N3O3S. The number of H-pyrrole nitrogens is 1. The van der Waals surface area contributed by atoms with Crippen LogP contribution in [0.4, 0.5) is 0 Å². The van der Waals surface area contributed by atoms with Crippen molar-refractivity contribution in [3.05, 3.63) is 34.7 Å². The van der Waals surface area contributed by atoms with Gasteiger partial charge >= 0.3 is 5.69 Å². The smallest absolute Gasteiger partial charge is 0.306 e. The van der Waals surface area contributed by atoms with Gasteiger partial charge in [0.1, 0.15) is 0 Å². The summed E-state index contributed by atoms with van der Waals surface area (Å²) in [5.41, 5.74) is 1.61. The van der Waals surface area contributed by atoms with Crippen LogP contribution in [-0.4, -0.2) is 41.1 Å². The van der Waals surface area contributed by atoms with Crippen molar-refractivity contribution in [1.82, 2.24) is 13.9 Å². The lowest BCUT2D eigenvalue weighted by atomic mass is 10.1. The molecule has 1 N–H and O–H groups in total. The fraction of sp³-hybridized carbons (Fsp3) is 0.611. The average molecular weight is 365 g/mol. The second-order valence-corrected chi connectivity index (χ2v) is 9.13. The van der Waals surface area contributed by atoms with Gasteiger partial charge in [0.05, 0.1) is 16.8 Å². The quantitative estimate of drug-likeness (QED) is 0.855. The molecule has 0 spiro atoms. The highest BCUT2D eigenvalue weighted by atomic mass is 32.2. The lowest BCUT2D eigenvalue weighted by Gasteiger charge is -2.32. The highest BCUT2D eigenvalue weighted by molar-refractivity contribution is 7.89. The lowest BCUT2D eigenvalue weighted by molar-refractivity contribution is 0.273. The van der Waals surface area contributed by atoms with Crippen LogP contribution in [0.25, 0.3) is 11.0 Å². The molecule has 7 heteroatoms. The molecule has 2 aromatic rings. The number of benzene rings is 1. The van der Waals surface area contributed by atoms with E-state index in [1.54, 1.807) is 8.87 Å². The number of sulfonamides is 1. The normalized spacial score (nSPS) is 18.6. The van der Waals surface area contributed by atoms with E-state index in [4.69, 9.17) is 0 Å². The fourth-order valence-corrected chi connectivity index (χ4v) is 5.72. The van der Waals surface area contributed by atoms with Crippen molar-refractivity contribution in [3.63, 3.8) is 0 Å². The zero-order chi connectivity index (χ0) is 18.0. The number of aromatic nitrogens is 2. The van der Waals surface area contributed by atoms with Crippen LogP contribution in [0.2, 0.25) is 0 Å². The van der Waals surface area contributed by atoms with E-state index in [9.17, 15) is 13.2 Å². The molecular weight excluding hydrogens is 338 g/mol. The van der Waals surface area contributed by atoms with Gasteiger partial charge in [-0.25, -0.2) is 17.5 Å². The zero-order valence-corrected chi connectivity index (χ0v) is 15.8. The number of nitrogens with zero attached hydrogens (tertiary/aromatic N) is 2. The Balaban J connectivity index is 1.71. The van der Waals surface area contributed by atoms with Gasteiger partial charge in [0, 0.05) is 19.1 Å². The van der Waals surface area contributed by atoms with E-state index in [1.807, 2.05) is 31.2 Å². The number of imidazole rings is 1. The fourth-order valence-electron chi connectivity index (χ4n) is 3.86. The summed E-state index contributed by atoms with van der Waals surface area (Å²) < 4.78 is 28.6. The minimum atomic E-state index is -3.21. The van der Waals surface area contributed by atoms with E-state index < -0.39 is 10.0 Å². The van der Waals surface area contributed by atoms with Crippen molar-refractivity contribution in [3.8, 4) is 0 Å². The van der Waals surface area contributed by atoms with Gasteiger partial charge < -0.3 is 4.98 Å². The monoisotopic (exact) mass is 365 g/mol.